The lowest BCUT2D eigenvalue weighted by Crippen LogP contribution is -2.38. The molecule has 4 heteroatoms. The SMILES string of the molecule is CCc1ccc(CC)c(CNC(=O)C(CC)Oc2ccccc2F)c1. The van der Waals surface area contributed by atoms with Crippen molar-refractivity contribution in [2.45, 2.75) is 52.7 Å². The van der Waals surface area contributed by atoms with E-state index in [4.69, 9.17) is 4.74 Å². The van der Waals surface area contributed by atoms with Crippen molar-refractivity contribution in [2.24, 2.45) is 0 Å². The average molecular weight is 343 g/mol. The zero-order chi connectivity index (χ0) is 18.2. The Morgan fingerprint density at radius 2 is 1.84 bits per heavy atom. The van der Waals surface area contributed by atoms with Crippen LogP contribution in [0.3, 0.4) is 0 Å². The van der Waals surface area contributed by atoms with Crippen molar-refractivity contribution in [2.75, 3.05) is 0 Å². The summed E-state index contributed by atoms with van der Waals surface area (Å²) in [7, 11) is 0. The fraction of sp³-hybridized carbons (Fsp3) is 0.381. The third kappa shape index (κ3) is 5.05. The van der Waals surface area contributed by atoms with E-state index in [0.29, 0.717) is 13.0 Å². The van der Waals surface area contributed by atoms with E-state index in [1.165, 1.54) is 23.3 Å². The summed E-state index contributed by atoms with van der Waals surface area (Å²) in [5.41, 5.74) is 3.59. The quantitative estimate of drug-likeness (QED) is 0.770. The fourth-order valence-corrected chi connectivity index (χ4v) is 2.72. The van der Waals surface area contributed by atoms with Gasteiger partial charge in [0.1, 0.15) is 0 Å². The Labute approximate surface area is 149 Å². The lowest BCUT2D eigenvalue weighted by Gasteiger charge is -2.18. The Morgan fingerprint density at radius 3 is 2.48 bits per heavy atom. The van der Waals surface area contributed by atoms with Crippen molar-refractivity contribution in [3.05, 3.63) is 65.0 Å². The molecule has 1 N–H and O–H groups in total. The molecule has 0 radical (unpaired) electrons. The van der Waals surface area contributed by atoms with Crippen molar-refractivity contribution in [3.63, 3.8) is 0 Å². The Hall–Kier alpha value is -2.36. The van der Waals surface area contributed by atoms with Crippen molar-refractivity contribution in [1.82, 2.24) is 5.32 Å². The number of hydrogen-bond acceptors (Lipinski definition) is 2. The lowest BCUT2D eigenvalue weighted by atomic mass is 10.0. The maximum atomic E-state index is 13.7. The van der Waals surface area contributed by atoms with Gasteiger partial charge in [-0.3, -0.25) is 4.79 Å². The average Bonchev–Trinajstić information content (AvgIpc) is 2.65. The molecule has 0 spiro atoms. The van der Waals surface area contributed by atoms with Gasteiger partial charge in [0, 0.05) is 6.54 Å². The van der Waals surface area contributed by atoms with Crippen LogP contribution >= 0.6 is 0 Å². The summed E-state index contributed by atoms with van der Waals surface area (Å²) >= 11 is 0. The minimum atomic E-state index is -0.712. The Balaban J connectivity index is 2.04. The van der Waals surface area contributed by atoms with Crippen LogP contribution in [0.2, 0.25) is 0 Å². The number of halogens is 1. The molecule has 0 aliphatic heterocycles. The first-order valence-electron chi connectivity index (χ1n) is 8.88. The van der Waals surface area contributed by atoms with Crippen LogP contribution in [0, 0.1) is 5.82 Å². The molecule has 1 atom stereocenters. The zero-order valence-corrected chi connectivity index (χ0v) is 15.1. The third-order valence-electron chi connectivity index (χ3n) is 4.28. The normalized spacial score (nSPS) is 11.8. The van der Waals surface area contributed by atoms with E-state index in [-0.39, 0.29) is 11.7 Å². The van der Waals surface area contributed by atoms with Gasteiger partial charge in [0.05, 0.1) is 0 Å². The largest absolute Gasteiger partial charge is 0.478 e. The second kappa shape index (κ2) is 9.21. The van der Waals surface area contributed by atoms with Crippen LogP contribution in [0.1, 0.15) is 43.9 Å². The smallest absolute Gasteiger partial charge is 0.261 e. The van der Waals surface area contributed by atoms with Gasteiger partial charge in [-0.15, -0.1) is 0 Å². The molecular formula is C21H26FNO2. The third-order valence-corrected chi connectivity index (χ3v) is 4.28. The maximum Gasteiger partial charge on any atom is 0.261 e. The molecule has 134 valence electrons. The van der Waals surface area contributed by atoms with Gasteiger partial charge in [0.15, 0.2) is 17.7 Å². The van der Waals surface area contributed by atoms with Crippen molar-refractivity contribution in [1.29, 1.82) is 0 Å². The second-order valence-electron chi connectivity index (χ2n) is 5.97. The van der Waals surface area contributed by atoms with Gasteiger partial charge in [-0.1, -0.05) is 51.1 Å². The molecule has 2 aromatic rings. The monoisotopic (exact) mass is 343 g/mol. The van der Waals surface area contributed by atoms with Gasteiger partial charge in [0.25, 0.3) is 5.91 Å². The van der Waals surface area contributed by atoms with Crippen molar-refractivity contribution < 1.29 is 13.9 Å². The molecule has 0 aliphatic carbocycles. The van der Waals surface area contributed by atoms with E-state index >= 15 is 0 Å². The number of carbonyl (C=O) groups excluding carboxylic acids is 1. The molecule has 0 aliphatic rings. The first kappa shape index (κ1) is 19.0. The number of carbonyl (C=O) groups is 1. The molecule has 0 aromatic heterocycles. The zero-order valence-electron chi connectivity index (χ0n) is 15.1. The highest BCUT2D eigenvalue weighted by Crippen LogP contribution is 2.18. The van der Waals surface area contributed by atoms with Crippen LogP contribution < -0.4 is 10.1 Å². The molecule has 3 nitrogen and oxygen atoms in total. The van der Waals surface area contributed by atoms with Gasteiger partial charge in [-0.25, -0.2) is 4.39 Å². The van der Waals surface area contributed by atoms with E-state index < -0.39 is 11.9 Å². The molecule has 0 heterocycles. The van der Waals surface area contributed by atoms with Crippen molar-refractivity contribution in [3.8, 4) is 5.75 Å². The highest BCUT2D eigenvalue weighted by molar-refractivity contribution is 5.81. The minimum Gasteiger partial charge on any atom is -0.478 e. The lowest BCUT2D eigenvalue weighted by molar-refractivity contribution is -0.128. The second-order valence-corrected chi connectivity index (χ2v) is 5.97. The van der Waals surface area contributed by atoms with Gasteiger partial charge in [-0.05, 0) is 48.1 Å². The summed E-state index contributed by atoms with van der Waals surface area (Å²) in [5, 5.41) is 2.93. The summed E-state index contributed by atoms with van der Waals surface area (Å²) in [6, 6.07) is 12.5. The van der Waals surface area contributed by atoms with Gasteiger partial charge in [0.2, 0.25) is 0 Å². The molecule has 1 amide bonds. The number of rotatable bonds is 8. The van der Waals surface area contributed by atoms with Crippen LogP contribution in [0.15, 0.2) is 42.5 Å². The Bertz CT molecular complexity index is 715. The molecule has 1 unspecified atom stereocenters. The number of nitrogens with one attached hydrogen (secondary N) is 1. The van der Waals surface area contributed by atoms with Crippen LogP contribution in [0.5, 0.6) is 5.75 Å². The van der Waals surface area contributed by atoms with Crippen LogP contribution in [0.4, 0.5) is 4.39 Å². The molecule has 0 fully saturated rings. The highest BCUT2D eigenvalue weighted by atomic mass is 19.1. The predicted molar refractivity (Wildman–Crippen MR) is 98.2 cm³/mol. The number of ether oxygens (including phenoxy) is 1. The Morgan fingerprint density at radius 1 is 1.08 bits per heavy atom. The van der Waals surface area contributed by atoms with Crippen LogP contribution in [0.25, 0.3) is 0 Å². The topological polar surface area (TPSA) is 38.3 Å². The van der Waals surface area contributed by atoms with Gasteiger partial charge in [-0.2, -0.15) is 0 Å². The van der Waals surface area contributed by atoms with E-state index in [2.05, 4.69) is 37.4 Å². The number of hydrogen-bond donors (Lipinski definition) is 1. The van der Waals surface area contributed by atoms with Gasteiger partial charge < -0.3 is 10.1 Å². The first-order chi connectivity index (χ1) is 12.1. The fourth-order valence-electron chi connectivity index (χ4n) is 2.72. The molecule has 0 saturated heterocycles. The maximum absolute atomic E-state index is 13.7. The van der Waals surface area contributed by atoms with Crippen LogP contribution in [-0.2, 0) is 24.2 Å². The standard InChI is InChI=1S/C21H26FNO2/c1-4-15-11-12-16(5-2)17(13-15)14-23-21(24)19(6-3)25-20-10-8-7-9-18(20)22/h7-13,19H,4-6,14H2,1-3H3,(H,23,24). The number of para-hydroxylation sites is 1. The molecule has 0 bridgehead atoms. The minimum absolute atomic E-state index is 0.103. The van der Waals surface area contributed by atoms with Gasteiger partial charge >= 0.3 is 0 Å². The molecular weight excluding hydrogens is 317 g/mol. The summed E-state index contributed by atoms with van der Waals surface area (Å²) in [6.07, 6.45) is 1.63. The van der Waals surface area contributed by atoms with Crippen LogP contribution in [-0.4, -0.2) is 12.0 Å². The molecule has 0 saturated carbocycles. The van der Waals surface area contributed by atoms with E-state index in [0.717, 1.165) is 18.4 Å². The number of aryl methyl sites for hydroxylation is 2. The summed E-state index contributed by atoms with van der Waals surface area (Å²) in [5.74, 6) is -0.584. The molecule has 2 rings (SSSR count). The molecule has 2 aromatic carbocycles. The van der Waals surface area contributed by atoms with E-state index in [1.807, 2.05) is 6.92 Å². The first-order valence-corrected chi connectivity index (χ1v) is 8.88. The van der Waals surface area contributed by atoms with E-state index in [9.17, 15) is 9.18 Å². The summed E-state index contributed by atoms with van der Waals surface area (Å²) in [6.45, 7) is 6.51. The number of benzene rings is 2. The molecule has 25 heavy (non-hydrogen) atoms. The highest BCUT2D eigenvalue weighted by Gasteiger charge is 2.19. The van der Waals surface area contributed by atoms with Crippen molar-refractivity contribution >= 4 is 5.91 Å². The number of amides is 1. The summed E-state index contributed by atoms with van der Waals surface area (Å²) in [4.78, 5) is 12.5. The Kier molecular flexibility index (Phi) is 6.99. The van der Waals surface area contributed by atoms with E-state index in [1.54, 1.807) is 12.1 Å². The predicted octanol–water partition coefficient (Wildman–Crippen LogP) is 4.42. The summed E-state index contributed by atoms with van der Waals surface area (Å²) < 4.78 is 19.3.